The summed E-state index contributed by atoms with van der Waals surface area (Å²) < 4.78 is 26.8. The normalized spacial score (nSPS) is 16.8. The van der Waals surface area contributed by atoms with Gasteiger partial charge in [-0.25, -0.2) is 8.42 Å². The molecule has 0 saturated carbocycles. The highest BCUT2D eigenvalue weighted by molar-refractivity contribution is 7.89. The zero-order valence-corrected chi connectivity index (χ0v) is 22.8. The van der Waals surface area contributed by atoms with Crippen molar-refractivity contribution in [2.45, 2.75) is 103 Å². The molecule has 34 heavy (non-hydrogen) atoms. The molecule has 0 amide bonds. The van der Waals surface area contributed by atoms with Crippen molar-refractivity contribution in [2.24, 2.45) is 0 Å². The number of carbonyl (C=O) groups is 1. The van der Waals surface area contributed by atoms with Crippen molar-refractivity contribution in [3.63, 3.8) is 0 Å². The molecule has 196 valence electrons. The third-order valence-electron chi connectivity index (χ3n) is 6.77. The maximum Gasteiger partial charge on any atom is 0.243 e. The van der Waals surface area contributed by atoms with Crippen molar-refractivity contribution < 1.29 is 22.8 Å². The summed E-state index contributed by atoms with van der Waals surface area (Å²) in [7, 11) is -3.72. The van der Waals surface area contributed by atoms with E-state index in [1.54, 1.807) is 18.2 Å². The summed E-state index contributed by atoms with van der Waals surface area (Å²) in [5.41, 5.74) is 0. The zero-order valence-electron chi connectivity index (χ0n) is 22.0. The summed E-state index contributed by atoms with van der Waals surface area (Å²) in [6.07, 6.45) is 11.9. The number of carbonyl (C=O) groups excluding carboxylic acids is 1. The number of nitrogens with zero attached hydrogens (tertiary/aromatic N) is 2. The van der Waals surface area contributed by atoms with Crippen LogP contribution >= 0.6 is 0 Å². The smallest absolute Gasteiger partial charge is 0.243 e. The number of hydrogen-bond donors (Lipinski definition) is 0. The van der Waals surface area contributed by atoms with Crippen LogP contribution in [0.1, 0.15) is 91.9 Å². The van der Waals surface area contributed by atoms with E-state index in [1.165, 1.54) is 94.2 Å². The van der Waals surface area contributed by atoms with Crippen LogP contribution in [0.2, 0.25) is 0 Å². The van der Waals surface area contributed by atoms with Gasteiger partial charge in [0.2, 0.25) is 10.0 Å². The minimum Gasteiger partial charge on any atom is -0.548 e. The van der Waals surface area contributed by atoms with Crippen LogP contribution in [0, 0.1) is 0 Å². The molecule has 1 heterocycles. The van der Waals surface area contributed by atoms with Gasteiger partial charge in [0.1, 0.15) is 0 Å². The molecule has 1 aromatic rings. The Morgan fingerprint density at radius 3 is 1.71 bits per heavy atom. The van der Waals surface area contributed by atoms with Gasteiger partial charge >= 0.3 is 0 Å². The Bertz CT molecular complexity index is 746. The van der Waals surface area contributed by atoms with Crippen molar-refractivity contribution in [1.29, 1.82) is 0 Å². The molecule has 1 aliphatic rings. The number of quaternary nitrogens is 1. The van der Waals surface area contributed by atoms with E-state index in [-0.39, 0.29) is 11.4 Å². The minimum absolute atomic E-state index is 0.119. The second kappa shape index (κ2) is 16.3. The molecule has 0 N–H and O–H groups in total. The first kappa shape index (κ1) is 30.6. The predicted molar refractivity (Wildman–Crippen MR) is 138 cm³/mol. The topological polar surface area (TPSA) is 77.5 Å². The number of rotatable bonds is 15. The predicted octanol–water partition coefficient (Wildman–Crippen LogP) is 4.59. The molecule has 0 aliphatic carbocycles. The summed E-state index contributed by atoms with van der Waals surface area (Å²) in [6.45, 7) is 15.3. The first-order valence-electron chi connectivity index (χ1n) is 13.4. The lowest BCUT2D eigenvalue weighted by Gasteiger charge is -2.39. The van der Waals surface area contributed by atoms with Crippen LogP contribution in [0.4, 0.5) is 0 Å². The van der Waals surface area contributed by atoms with Crippen molar-refractivity contribution in [2.75, 3.05) is 32.7 Å². The van der Waals surface area contributed by atoms with Crippen LogP contribution in [-0.4, -0.2) is 61.9 Å². The average Bonchev–Trinajstić information content (AvgIpc) is 3.36. The maximum absolute atomic E-state index is 12.2. The molecule has 7 heteroatoms. The van der Waals surface area contributed by atoms with Gasteiger partial charge < -0.3 is 14.4 Å². The highest BCUT2D eigenvalue weighted by Crippen LogP contribution is 2.25. The summed E-state index contributed by atoms with van der Waals surface area (Å²) in [4.78, 5) is 11.0. The standard InChI is InChI=1S/C16H36N.C11H13NO4S/c1-5-9-13-17(14-10-6-2,15-11-7-3)16-12-8-4;13-11(14)10-7-4-8-12(10)17(15,16)9-5-2-1-3-6-9/h5-16H2,1-4H3;1-3,5-6,10H,4,7-8H2,(H,13,14)/q+1;/p-1. The molecule has 0 bridgehead atoms. The molecule has 1 aromatic carbocycles. The summed E-state index contributed by atoms with van der Waals surface area (Å²) >= 11 is 0. The van der Waals surface area contributed by atoms with Gasteiger partial charge in [-0.2, -0.15) is 4.31 Å². The van der Waals surface area contributed by atoms with Gasteiger partial charge in [0.25, 0.3) is 0 Å². The average molecular weight is 497 g/mol. The van der Waals surface area contributed by atoms with Gasteiger partial charge in [-0.05, 0) is 50.7 Å². The van der Waals surface area contributed by atoms with E-state index in [0.29, 0.717) is 12.8 Å². The molecule has 0 spiro atoms. The SMILES string of the molecule is CCCC[N+](CCCC)(CCCC)CCCC.O=C([O-])C1CCCN1S(=O)(=O)c1ccccc1. The molecule has 1 aliphatic heterocycles. The van der Waals surface area contributed by atoms with Crippen molar-refractivity contribution >= 4 is 16.0 Å². The highest BCUT2D eigenvalue weighted by Gasteiger charge is 2.35. The number of carboxylic acid groups (broad SMARTS) is 1. The van der Waals surface area contributed by atoms with E-state index in [4.69, 9.17) is 0 Å². The van der Waals surface area contributed by atoms with Gasteiger partial charge in [0.15, 0.2) is 0 Å². The lowest BCUT2D eigenvalue weighted by atomic mass is 10.1. The van der Waals surface area contributed by atoms with Crippen LogP contribution in [-0.2, 0) is 14.8 Å². The third kappa shape index (κ3) is 9.67. The highest BCUT2D eigenvalue weighted by atomic mass is 32.2. The Labute approximate surface area is 209 Å². The quantitative estimate of drug-likeness (QED) is 0.333. The molecular formula is C27H48N2O4S. The lowest BCUT2D eigenvalue weighted by Crippen LogP contribution is -2.50. The van der Waals surface area contributed by atoms with Gasteiger partial charge in [0, 0.05) is 6.54 Å². The van der Waals surface area contributed by atoms with Crippen LogP contribution in [0.5, 0.6) is 0 Å². The fraction of sp³-hybridized carbons (Fsp3) is 0.741. The van der Waals surface area contributed by atoms with Crippen molar-refractivity contribution in [3.8, 4) is 0 Å². The van der Waals surface area contributed by atoms with Gasteiger partial charge in [0.05, 0.1) is 43.1 Å². The summed E-state index contributed by atoms with van der Waals surface area (Å²) in [5.74, 6) is -1.33. The monoisotopic (exact) mass is 496 g/mol. The van der Waals surface area contributed by atoms with Crippen LogP contribution in [0.15, 0.2) is 35.2 Å². The van der Waals surface area contributed by atoms with E-state index in [0.717, 1.165) is 4.31 Å². The molecule has 6 nitrogen and oxygen atoms in total. The molecule has 1 fully saturated rings. The van der Waals surface area contributed by atoms with E-state index in [1.807, 2.05) is 0 Å². The molecule has 1 saturated heterocycles. The maximum atomic E-state index is 12.2. The molecule has 1 unspecified atom stereocenters. The van der Waals surface area contributed by atoms with Crippen LogP contribution in [0.25, 0.3) is 0 Å². The van der Waals surface area contributed by atoms with E-state index < -0.39 is 22.0 Å². The van der Waals surface area contributed by atoms with Gasteiger partial charge in [-0.15, -0.1) is 0 Å². The van der Waals surface area contributed by atoms with Gasteiger partial charge in [-0.1, -0.05) is 71.6 Å². The number of benzene rings is 1. The Morgan fingerprint density at radius 1 is 0.882 bits per heavy atom. The largest absolute Gasteiger partial charge is 0.548 e. The van der Waals surface area contributed by atoms with E-state index in [9.17, 15) is 18.3 Å². The first-order chi connectivity index (χ1) is 16.3. The van der Waals surface area contributed by atoms with Crippen molar-refractivity contribution in [1.82, 2.24) is 4.31 Å². The second-order valence-electron chi connectivity index (χ2n) is 9.56. The van der Waals surface area contributed by atoms with Crippen LogP contribution < -0.4 is 5.11 Å². The minimum atomic E-state index is -3.72. The number of carboxylic acids is 1. The second-order valence-corrected chi connectivity index (χ2v) is 11.4. The Morgan fingerprint density at radius 2 is 1.32 bits per heavy atom. The van der Waals surface area contributed by atoms with E-state index in [2.05, 4.69) is 27.7 Å². The number of unbranched alkanes of at least 4 members (excludes halogenated alkanes) is 4. The summed E-state index contributed by atoms with van der Waals surface area (Å²) in [5, 5.41) is 10.9. The number of aliphatic carboxylic acids is 1. The number of sulfonamides is 1. The lowest BCUT2D eigenvalue weighted by molar-refractivity contribution is -0.929. The van der Waals surface area contributed by atoms with Crippen molar-refractivity contribution in [3.05, 3.63) is 30.3 Å². The van der Waals surface area contributed by atoms with Crippen LogP contribution in [0.3, 0.4) is 0 Å². The zero-order chi connectivity index (χ0) is 25.5. The molecular weight excluding hydrogens is 448 g/mol. The van der Waals surface area contributed by atoms with Gasteiger partial charge in [-0.3, -0.25) is 0 Å². The third-order valence-corrected chi connectivity index (χ3v) is 8.69. The Balaban J connectivity index is 0.000000340. The molecule has 0 radical (unpaired) electrons. The fourth-order valence-electron chi connectivity index (χ4n) is 4.64. The first-order valence-corrected chi connectivity index (χ1v) is 14.8. The summed E-state index contributed by atoms with van der Waals surface area (Å²) in [6, 6.07) is 6.80. The molecule has 2 rings (SSSR count). The Kier molecular flexibility index (Phi) is 14.6. The number of hydrogen-bond acceptors (Lipinski definition) is 4. The molecule has 1 atom stereocenters. The fourth-order valence-corrected chi connectivity index (χ4v) is 6.30. The Hall–Kier alpha value is -1.44. The van der Waals surface area contributed by atoms with E-state index >= 15 is 0 Å². The molecule has 0 aromatic heterocycles.